The van der Waals surface area contributed by atoms with Crippen molar-refractivity contribution >= 4 is 12.1 Å². The molecule has 1 amide bonds. The van der Waals surface area contributed by atoms with E-state index in [-0.39, 0.29) is 18.0 Å². The van der Waals surface area contributed by atoms with Gasteiger partial charge >= 0.3 is 12.1 Å². The van der Waals surface area contributed by atoms with Gasteiger partial charge in [-0.3, -0.25) is 4.90 Å². The quantitative estimate of drug-likeness (QED) is 0.471. The first-order valence-electron chi connectivity index (χ1n) is 7.53. The van der Waals surface area contributed by atoms with Crippen LogP contribution in [-0.4, -0.2) is 53.3 Å². The summed E-state index contributed by atoms with van der Waals surface area (Å²) in [6, 6.07) is 1.85. The van der Waals surface area contributed by atoms with Crippen LogP contribution in [0.3, 0.4) is 0 Å². The van der Waals surface area contributed by atoms with Gasteiger partial charge in [0.25, 0.3) is 5.95 Å². The average molecular weight is 350 g/mol. The summed E-state index contributed by atoms with van der Waals surface area (Å²) in [6.07, 6.45) is 4.28. The monoisotopic (exact) mass is 350 g/mol. The number of terminal acetylenes is 1. The number of carbonyl (C=O) groups is 2. The van der Waals surface area contributed by atoms with E-state index in [4.69, 9.17) is 15.9 Å². The molecule has 1 aromatic heterocycles. The van der Waals surface area contributed by atoms with E-state index in [9.17, 15) is 14.0 Å². The third-order valence-corrected chi connectivity index (χ3v) is 3.35. The van der Waals surface area contributed by atoms with E-state index < -0.39 is 35.8 Å². The number of carbonyl (C=O) groups excluding carboxylic acids is 2. The number of nitrogens with zero attached hydrogens (tertiary/aromatic N) is 2. The second-order valence-electron chi connectivity index (χ2n) is 6.38. The molecule has 1 aromatic rings. The molecule has 0 spiro atoms. The van der Waals surface area contributed by atoms with Gasteiger partial charge in [-0.25, -0.2) is 14.6 Å². The number of likely N-dealkylation sites (tertiary alicyclic amines) is 1. The predicted molar refractivity (Wildman–Crippen MR) is 85.5 cm³/mol. The minimum atomic E-state index is -0.964. The maximum Gasteiger partial charge on any atom is 0.411 e. The summed E-state index contributed by atoms with van der Waals surface area (Å²) >= 11 is 0. The van der Waals surface area contributed by atoms with Gasteiger partial charge in [0, 0.05) is 0 Å². The number of methoxy groups -OCH3 is 1. The van der Waals surface area contributed by atoms with E-state index in [2.05, 4.69) is 15.6 Å². The molecule has 0 aromatic carbocycles. The van der Waals surface area contributed by atoms with E-state index in [0.717, 1.165) is 0 Å². The highest BCUT2D eigenvalue weighted by molar-refractivity contribution is 5.87. The topological polar surface area (TPSA) is 78.0 Å². The first kappa shape index (κ1) is 18.5. The normalized spacial score (nSPS) is 19.4. The Morgan fingerprint density at radius 1 is 1.40 bits per heavy atom. The van der Waals surface area contributed by atoms with Gasteiger partial charge in [0.2, 0.25) is 0 Å². The Morgan fingerprint density at radius 3 is 2.60 bits per heavy atom. The summed E-state index contributed by atoms with van der Waals surface area (Å²) < 4.78 is 29.2. The first-order valence-corrected chi connectivity index (χ1v) is 7.53. The number of hydrogen-bond acceptors (Lipinski definition) is 6. The van der Waals surface area contributed by atoms with Crippen LogP contribution in [0.15, 0.2) is 12.1 Å². The number of aromatic nitrogens is 1. The number of rotatable bonds is 3. The fourth-order valence-electron chi connectivity index (χ4n) is 2.17. The van der Waals surface area contributed by atoms with E-state index in [1.807, 2.05) is 0 Å². The molecule has 25 heavy (non-hydrogen) atoms. The van der Waals surface area contributed by atoms with Gasteiger partial charge in [-0.05, 0) is 32.9 Å². The lowest BCUT2D eigenvalue weighted by molar-refractivity contribution is -0.0428. The molecule has 7 nitrogen and oxygen atoms in total. The summed E-state index contributed by atoms with van der Waals surface area (Å²) in [4.78, 5) is 28.2. The molecule has 0 unspecified atom stereocenters. The lowest BCUT2D eigenvalue weighted by Crippen LogP contribution is -2.64. The van der Waals surface area contributed by atoms with Gasteiger partial charge in [-0.1, -0.05) is 5.92 Å². The van der Waals surface area contributed by atoms with Crippen LogP contribution >= 0.6 is 0 Å². The molecule has 1 fully saturated rings. The molecule has 8 heteroatoms. The van der Waals surface area contributed by atoms with E-state index >= 15 is 0 Å². The number of hydrogen-bond donors (Lipinski definition) is 0. The van der Waals surface area contributed by atoms with Crippen LogP contribution < -0.4 is 4.74 Å². The highest BCUT2D eigenvalue weighted by Gasteiger charge is 2.45. The van der Waals surface area contributed by atoms with Gasteiger partial charge in [0.1, 0.15) is 17.7 Å². The smallest absolute Gasteiger partial charge is 0.411 e. The van der Waals surface area contributed by atoms with Crippen LogP contribution in [0.25, 0.3) is 0 Å². The lowest BCUT2D eigenvalue weighted by Gasteiger charge is -2.44. The largest absolute Gasteiger partial charge is 0.481 e. The van der Waals surface area contributed by atoms with Crippen molar-refractivity contribution in [3.05, 3.63) is 23.8 Å². The van der Waals surface area contributed by atoms with Crippen molar-refractivity contribution in [1.82, 2.24) is 9.88 Å². The molecule has 1 aliphatic rings. The van der Waals surface area contributed by atoms with Crippen molar-refractivity contribution in [2.24, 2.45) is 0 Å². The van der Waals surface area contributed by atoms with E-state index in [1.165, 1.54) is 24.1 Å². The van der Waals surface area contributed by atoms with Crippen molar-refractivity contribution in [1.29, 1.82) is 0 Å². The van der Waals surface area contributed by atoms with E-state index in [1.54, 1.807) is 20.8 Å². The number of esters is 1. The molecular weight excluding hydrogens is 331 g/mol. The maximum absolute atomic E-state index is 14.0. The van der Waals surface area contributed by atoms with Gasteiger partial charge in [0.15, 0.2) is 11.4 Å². The van der Waals surface area contributed by atoms with Gasteiger partial charge < -0.3 is 14.2 Å². The molecule has 0 saturated carbocycles. The molecule has 0 radical (unpaired) electrons. The Bertz CT molecular complexity index is 723. The third kappa shape index (κ3) is 4.18. The minimum absolute atomic E-state index is 0.155. The van der Waals surface area contributed by atoms with E-state index in [0.29, 0.717) is 0 Å². The highest BCUT2D eigenvalue weighted by atomic mass is 19.1. The molecule has 0 aliphatic carbocycles. The molecule has 0 bridgehead atoms. The molecule has 2 atom stereocenters. The second-order valence-corrected chi connectivity index (χ2v) is 6.38. The SMILES string of the molecule is C#C[C@@H]1[C@@H](Oc2ccc(C(=O)OC)nc2F)CN1C(=O)OC(C)(C)C. The van der Waals surface area contributed by atoms with Crippen molar-refractivity contribution in [2.45, 2.75) is 38.5 Å². The minimum Gasteiger partial charge on any atom is -0.481 e. The third-order valence-electron chi connectivity index (χ3n) is 3.35. The van der Waals surface area contributed by atoms with Crippen LogP contribution in [0.4, 0.5) is 9.18 Å². The zero-order chi connectivity index (χ0) is 18.8. The Balaban J connectivity index is 2.04. The summed E-state index contributed by atoms with van der Waals surface area (Å²) in [6.45, 7) is 5.39. The van der Waals surface area contributed by atoms with Crippen molar-refractivity contribution in [3.63, 3.8) is 0 Å². The summed E-state index contributed by atoms with van der Waals surface area (Å²) in [5, 5.41) is 0. The fraction of sp³-hybridized carbons (Fsp3) is 0.471. The molecule has 1 saturated heterocycles. The number of halogens is 1. The summed E-state index contributed by atoms with van der Waals surface area (Å²) in [5.74, 6) is 0.544. The maximum atomic E-state index is 14.0. The first-order chi connectivity index (χ1) is 11.7. The molecule has 2 rings (SSSR count). The van der Waals surface area contributed by atoms with Gasteiger partial charge in [-0.2, -0.15) is 4.39 Å². The molecule has 134 valence electrons. The van der Waals surface area contributed by atoms with Crippen LogP contribution in [0.5, 0.6) is 5.75 Å². The number of amides is 1. The van der Waals surface area contributed by atoms with Gasteiger partial charge in [0.05, 0.1) is 13.7 Å². The summed E-state index contributed by atoms with van der Waals surface area (Å²) in [7, 11) is 1.17. The Labute approximate surface area is 145 Å². The van der Waals surface area contributed by atoms with Crippen molar-refractivity contribution in [2.75, 3.05) is 13.7 Å². The summed E-state index contributed by atoms with van der Waals surface area (Å²) in [5.41, 5.74) is -0.827. The number of pyridine rings is 1. The van der Waals surface area contributed by atoms with Gasteiger partial charge in [-0.15, -0.1) is 6.42 Å². The zero-order valence-corrected chi connectivity index (χ0v) is 14.4. The van der Waals surface area contributed by atoms with Crippen LogP contribution in [-0.2, 0) is 9.47 Å². The van der Waals surface area contributed by atoms with Crippen LogP contribution in [0, 0.1) is 18.3 Å². The predicted octanol–water partition coefficient (Wildman–Crippen LogP) is 2.01. The fourth-order valence-corrected chi connectivity index (χ4v) is 2.17. The highest BCUT2D eigenvalue weighted by Crippen LogP contribution is 2.27. The van der Waals surface area contributed by atoms with Crippen LogP contribution in [0.1, 0.15) is 31.3 Å². The molecule has 2 heterocycles. The van der Waals surface area contributed by atoms with Crippen LogP contribution in [0.2, 0.25) is 0 Å². The number of ether oxygens (including phenoxy) is 3. The average Bonchev–Trinajstić information content (AvgIpc) is 2.49. The Kier molecular flexibility index (Phi) is 5.16. The Morgan fingerprint density at radius 2 is 2.08 bits per heavy atom. The molecular formula is C17H19FN2O5. The molecule has 1 aliphatic heterocycles. The molecule has 0 N–H and O–H groups in total. The lowest BCUT2D eigenvalue weighted by atomic mass is 10.0. The second kappa shape index (κ2) is 6.97. The zero-order valence-electron chi connectivity index (χ0n) is 14.4. The van der Waals surface area contributed by atoms with Crippen molar-refractivity contribution < 1.29 is 28.2 Å². The Hall–Kier alpha value is -2.82. The standard InChI is InChI=1S/C17H19FN2O5/c1-6-11-13(9-20(11)16(22)25-17(2,3)4)24-12-8-7-10(15(21)23-5)19-14(12)18/h1,7-8,11,13H,9H2,2-5H3/t11-,13+/m1/s1. The van der Waals surface area contributed by atoms with Crippen molar-refractivity contribution in [3.8, 4) is 18.1 Å².